The number of aromatic nitrogens is 1. The Hall–Kier alpha value is -2.23. The van der Waals surface area contributed by atoms with Crippen molar-refractivity contribution in [1.29, 1.82) is 0 Å². The predicted octanol–water partition coefficient (Wildman–Crippen LogP) is 1.91. The number of benzene rings is 1. The first-order valence-corrected chi connectivity index (χ1v) is 5.23. The summed E-state index contributed by atoms with van der Waals surface area (Å²) in [5.74, 6) is 0.988. The van der Waals surface area contributed by atoms with Gasteiger partial charge in [-0.2, -0.15) is 4.73 Å². The summed E-state index contributed by atoms with van der Waals surface area (Å²) in [5.41, 5.74) is 1.04. The third-order valence-corrected chi connectivity index (χ3v) is 2.32. The van der Waals surface area contributed by atoms with Gasteiger partial charge in [-0.1, -0.05) is 30.3 Å². The van der Waals surface area contributed by atoms with Gasteiger partial charge in [0.1, 0.15) is 6.61 Å². The van der Waals surface area contributed by atoms with E-state index in [2.05, 4.69) is 0 Å². The Bertz CT molecular complexity index is 485. The summed E-state index contributed by atoms with van der Waals surface area (Å²) >= 11 is 0. The zero-order valence-electron chi connectivity index (χ0n) is 9.50. The summed E-state index contributed by atoms with van der Waals surface area (Å²) in [4.78, 5) is 0. The van der Waals surface area contributed by atoms with Crippen LogP contribution in [0.25, 0.3) is 0 Å². The summed E-state index contributed by atoms with van der Waals surface area (Å²) in [6, 6.07) is 11.3. The van der Waals surface area contributed by atoms with E-state index < -0.39 is 0 Å². The van der Waals surface area contributed by atoms with E-state index >= 15 is 0 Å². The van der Waals surface area contributed by atoms with Gasteiger partial charge in [-0.15, -0.1) is 0 Å². The average molecular weight is 231 g/mol. The molecule has 0 aliphatic heterocycles. The monoisotopic (exact) mass is 231 g/mol. The summed E-state index contributed by atoms with van der Waals surface area (Å²) in [7, 11) is 1.54. The molecule has 0 aliphatic rings. The van der Waals surface area contributed by atoms with Crippen molar-refractivity contribution in [3.8, 4) is 11.5 Å². The molecular formula is C13H13NO3. The highest BCUT2D eigenvalue weighted by molar-refractivity contribution is 5.35. The van der Waals surface area contributed by atoms with Gasteiger partial charge in [-0.05, 0) is 5.56 Å². The number of hydrogen-bond acceptors (Lipinski definition) is 3. The van der Waals surface area contributed by atoms with Crippen molar-refractivity contribution in [3.63, 3.8) is 0 Å². The van der Waals surface area contributed by atoms with Crippen LogP contribution < -0.4 is 14.2 Å². The lowest BCUT2D eigenvalue weighted by atomic mass is 10.2. The van der Waals surface area contributed by atoms with E-state index in [0.717, 1.165) is 5.56 Å². The summed E-state index contributed by atoms with van der Waals surface area (Å²) in [6.45, 7) is 0.404. The summed E-state index contributed by atoms with van der Waals surface area (Å²) < 4.78 is 11.3. The van der Waals surface area contributed by atoms with E-state index in [1.54, 1.807) is 13.2 Å². The van der Waals surface area contributed by atoms with Gasteiger partial charge >= 0.3 is 0 Å². The van der Waals surface area contributed by atoms with Crippen LogP contribution in [-0.2, 0) is 6.61 Å². The van der Waals surface area contributed by atoms with Gasteiger partial charge < -0.3 is 14.7 Å². The van der Waals surface area contributed by atoms with E-state index in [9.17, 15) is 5.21 Å². The summed E-state index contributed by atoms with van der Waals surface area (Å²) in [6.07, 6.45) is 2.72. The maximum absolute atomic E-state index is 11.2. The molecule has 1 aromatic carbocycles. The van der Waals surface area contributed by atoms with Gasteiger partial charge in [0.2, 0.25) is 11.9 Å². The molecule has 0 unspecified atom stereocenters. The minimum absolute atomic E-state index is 0.404. The molecule has 0 radical (unpaired) electrons. The molecule has 0 fully saturated rings. The molecule has 17 heavy (non-hydrogen) atoms. The van der Waals surface area contributed by atoms with Crippen molar-refractivity contribution >= 4 is 0 Å². The van der Waals surface area contributed by atoms with Gasteiger partial charge in [0, 0.05) is 6.07 Å². The Morgan fingerprint density at radius 1 is 1.12 bits per heavy atom. The predicted molar refractivity (Wildman–Crippen MR) is 62.7 cm³/mol. The molecule has 0 amide bonds. The molecule has 0 saturated carbocycles. The molecule has 0 spiro atoms. The molecule has 2 rings (SSSR count). The summed E-state index contributed by atoms with van der Waals surface area (Å²) in [5, 5.41) is 11.2. The van der Waals surface area contributed by atoms with Crippen molar-refractivity contribution in [2.45, 2.75) is 6.61 Å². The van der Waals surface area contributed by atoms with Crippen molar-refractivity contribution in [3.05, 3.63) is 59.6 Å². The normalized spacial score (nSPS) is 9.94. The molecule has 0 aliphatic carbocycles. The first-order valence-electron chi connectivity index (χ1n) is 5.23. The largest absolute Gasteiger partial charge is 0.619 e. The third kappa shape index (κ3) is 2.87. The van der Waals surface area contributed by atoms with Crippen LogP contribution >= 0.6 is 0 Å². The number of hydrogen-bond donors (Lipinski definition) is 0. The molecule has 0 bridgehead atoms. The number of ether oxygens (including phenoxy) is 2. The topological polar surface area (TPSA) is 45.4 Å². The molecule has 0 N–H and O–H groups in total. The van der Waals surface area contributed by atoms with Crippen molar-refractivity contribution in [2.24, 2.45) is 0 Å². The maximum atomic E-state index is 11.2. The maximum Gasteiger partial charge on any atom is 0.227 e. The van der Waals surface area contributed by atoms with Gasteiger partial charge in [0.15, 0.2) is 11.9 Å². The van der Waals surface area contributed by atoms with E-state index in [1.807, 2.05) is 30.3 Å². The number of rotatable bonds is 4. The van der Waals surface area contributed by atoms with Crippen molar-refractivity contribution in [1.82, 2.24) is 0 Å². The highest BCUT2D eigenvalue weighted by atomic mass is 16.5. The highest BCUT2D eigenvalue weighted by Crippen LogP contribution is 2.24. The second-order valence-electron chi connectivity index (χ2n) is 3.51. The number of methoxy groups -OCH3 is 1. The molecule has 2 aromatic rings. The SMILES string of the molecule is COc1cc[n+]([O-])cc1OCc1ccccc1. The zero-order chi connectivity index (χ0) is 12.1. The molecule has 1 heterocycles. The van der Waals surface area contributed by atoms with Crippen LogP contribution in [0.2, 0.25) is 0 Å². The molecule has 88 valence electrons. The Kier molecular flexibility index (Phi) is 3.45. The first-order chi connectivity index (χ1) is 8.29. The molecule has 4 nitrogen and oxygen atoms in total. The Morgan fingerprint density at radius 3 is 2.59 bits per heavy atom. The van der Waals surface area contributed by atoms with Crippen LogP contribution in [0.3, 0.4) is 0 Å². The highest BCUT2D eigenvalue weighted by Gasteiger charge is 2.08. The van der Waals surface area contributed by atoms with Crippen LogP contribution in [0.1, 0.15) is 5.56 Å². The lowest BCUT2D eigenvalue weighted by Gasteiger charge is -2.09. The molecule has 4 heteroatoms. The van der Waals surface area contributed by atoms with Crippen LogP contribution in [0.5, 0.6) is 11.5 Å². The number of pyridine rings is 1. The molecule has 0 atom stereocenters. The Morgan fingerprint density at radius 2 is 1.88 bits per heavy atom. The Labute approximate surface area is 99.6 Å². The Balaban J connectivity index is 2.11. The van der Waals surface area contributed by atoms with E-state index in [0.29, 0.717) is 22.8 Å². The minimum Gasteiger partial charge on any atom is -0.619 e. The molecule has 0 saturated heterocycles. The zero-order valence-corrected chi connectivity index (χ0v) is 9.50. The van der Waals surface area contributed by atoms with Crippen LogP contribution in [0, 0.1) is 5.21 Å². The second-order valence-corrected chi connectivity index (χ2v) is 3.51. The lowest BCUT2D eigenvalue weighted by molar-refractivity contribution is -0.605. The van der Waals surface area contributed by atoms with Crippen LogP contribution in [0.4, 0.5) is 0 Å². The molecular weight excluding hydrogens is 218 g/mol. The van der Waals surface area contributed by atoms with E-state index in [-0.39, 0.29) is 0 Å². The molecule has 1 aromatic heterocycles. The van der Waals surface area contributed by atoms with Crippen molar-refractivity contribution in [2.75, 3.05) is 7.11 Å². The fraction of sp³-hybridized carbons (Fsp3) is 0.154. The standard InChI is InChI=1S/C13H13NO3/c1-16-12-7-8-14(15)9-13(12)17-10-11-5-3-2-4-6-11/h2-9H,10H2,1H3. The van der Waals surface area contributed by atoms with Gasteiger partial charge in [-0.25, -0.2) is 0 Å². The quantitative estimate of drug-likeness (QED) is 0.596. The van der Waals surface area contributed by atoms with E-state index in [4.69, 9.17) is 9.47 Å². The average Bonchev–Trinajstić information content (AvgIpc) is 2.38. The van der Waals surface area contributed by atoms with E-state index in [1.165, 1.54) is 12.4 Å². The van der Waals surface area contributed by atoms with Gasteiger partial charge in [0.05, 0.1) is 7.11 Å². The first kappa shape index (κ1) is 11.3. The number of nitrogens with zero attached hydrogens (tertiary/aromatic N) is 1. The lowest BCUT2D eigenvalue weighted by Crippen LogP contribution is -2.24. The van der Waals surface area contributed by atoms with Gasteiger partial charge in [0.25, 0.3) is 0 Å². The fourth-order valence-corrected chi connectivity index (χ4v) is 1.46. The van der Waals surface area contributed by atoms with Crippen LogP contribution in [0.15, 0.2) is 48.8 Å². The van der Waals surface area contributed by atoms with Gasteiger partial charge in [-0.3, -0.25) is 0 Å². The fourth-order valence-electron chi connectivity index (χ4n) is 1.46. The van der Waals surface area contributed by atoms with Crippen LogP contribution in [-0.4, -0.2) is 7.11 Å². The third-order valence-electron chi connectivity index (χ3n) is 2.32. The smallest absolute Gasteiger partial charge is 0.227 e. The van der Waals surface area contributed by atoms with Crippen molar-refractivity contribution < 1.29 is 14.2 Å². The minimum atomic E-state index is 0.404. The second kappa shape index (κ2) is 5.21.